The van der Waals surface area contributed by atoms with Crippen LogP contribution in [-0.4, -0.2) is 55.2 Å². The number of nitrogens with one attached hydrogen (secondary N) is 2. The Morgan fingerprint density at radius 2 is 2.03 bits per heavy atom. The SMILES string of the molecule is CCNC(=NCc1ccccc1OCC(F)(F)F)NC1CCN(C(=O)CC)C1.I. The molecule has 1 heterocycles. The Kier molecular flexibility index (Phi) is 10.5. The number of amides is 1. The molecule has 0 radical (unpaired) electrons. The zero-order valence-corrected chi connectivity index (χ0v) is 18.9. The summed E-state index contributed by atoms with van der Waals surface area (Å²) in [5.74, 6) is 0.853. The molecule has 2 N–H and O–H groups in total. The predicted molar refractivity (Wildman–Crippen MR) is 117 cm³/mol. The highest BCUT2D eigenvalue weighted by Gasteiger charge is 2.29. The quantitative estimate of drug-likeness (QED) is 0.324. The summed E-state index contributed by atoms with van der Waals surface area (Å²) in [5, 5.41) is 6.42. The standard InChI is InChI=1S/C19H27F3N4O2.HI/c1-3-17(27)26-10-9-15(12-26)25-18(23-4-2)24-11-14-7-5-6-8-16(14)28-13-19(20,21)22;/h5-8,15H,3-4,9-13H2,1-2H3,(H2,23,24,25);1H. The topological polar surface area (TPSA) is 66.0 Å². The molecule has 0 aromatic heterocycles. The number of halogens is 4. The minimum atomic E-state index is -4.39. The zero-order valence-electron chi connectivity index (χ0n) is 16.6. The van der Waals surface area contributed by atoms with E-state index in [1.807, 2.05) is 18.7 Å². The van der Waals surface area contributed by atoms with Gasteiger partial charge in [0.05, 0.1) is 6.54 Å². The van der Waals surface area contributed by atoms with Crippen molar-refractivity contribution < 1.29 is 22.7 Å². The molecule has 1 aromatic rings. The Balaban J connectivity index is 0.00000420. The summed E-state index contributed by atoms with van der Waals surface area (Å²) in [6.45, 7) is 4.57. The fraction of sp³-hybridized carbons (Fsp3) is 0.579. The molecule has 0 spiro atoms. The highest BCUT2D eigenvalue weighted by Crippen LogP contribution is 2.22. The van der Waals surface area contributed by atoms with Crippen LogP contribution in [0.1, 0.15) is 32.3 Å². The van der Waals surface area contributed by atoms with E-state index in [4.69, 9.17) is 4.74 Å². The van der Waals surface area contributed by atoms with Crippen molar-refractivity contribution in [2.24, 2.45) is 4.99 Å². The van der Waals surface area contributed by atoms with Crippen molar-refractivity contribution in [3.8, 4) is 5.75 Å². The van der Waals surface area contributed by atoms with E-state index in [1.54, 1.807) is 18.2 Å². The van der Waals surface area contributed by atoms with Crippen LogP contribution in [0.2, 0.25) is 0 Å². The monoisotopic (exact) mass is 528 g/mol. The van der Waals surface area contributed by atoms with E-state index < -0.39 is 12.8 Å². The maximum Gasteiger partial charge on any atom is 0.422 e. The summed E-state index contributed by atoms with van der Waals surface area (Å²) in [7, 11) is 0. The second kappa shape index (κ2) is 12.1. The van der Waals surface area contributed by atoms with Crippen LogP contribution in [0.25, 0.3) is 0 Å². The average Bonchev–Trinajstić information content (AvgIpc) is 3.12. The molecule has 1 saturated heterocycles. The van der Waals surface area contributed by atoms with Crippen molar-refractivity contribution in [3.05, 3.63) is 29.8 Å². The van der Waals surface area contributed by atoms with Gasteiger partial charge in [0, 0.05) is 37.7 Å². The Morgan fingerprint density at radius 1 is 1.31 bits per heavy atom. The number of aliphatic imine (C=N–C) groups is 1. The van der Waals surface area contributed by atoms with E-state index in [1.165, 1.54) is 6.07 Å². The maximum absolute atomic E-state index is 12.4. The number of rotatable bonds is 7. The second-order valence-corrected chi connectivity index (χ2v) is 6.53. The lowest BCUT2D eigenvalue weighted by molar-refractivity contribution is -0.153. The molecule has 1 fully saturated rings. The van der Waals surface area contributed by atoms with Crippen molar-refractivity contribution in [1.29, 1.82) is 0 Å². The molecule has 2 rings (SSSR count). The van der Waals surface area contributed by atoms with Crippen LogP contribution >= 0.6 is 24.0 Å². The number of benzene rings is 1. The molecule has 6 nitrogen and oxygen atoms in total. The van der Waals surface area contributed by atoms with Gasteiger partial charge in [0.2, 0.25) is 5.91 Å². The number of hydrogen-bond acceptors (Lipinski definition) is 3. The highest BCUT2D eigenvalue weighted by molar-refractivity contribution is 14.0. The molecule has 0 bridgehead atoms. The van der Waals surface area contributed by atoms with E-state index in [0.717, 1.165) is 6.42 Å². The van der Waals surface area contributed by atoms with Gasteiger partial charge in [0.1, 0.15) is 5.75 Å². The molecule has 10 heteroatoms. The third-order valence-corrected chi connectivity index (χ3v) is 4.30. The number of hydrogen-bond donors (Lipinski definition) is 2. The number of guanidine groups is 1. The molecule has 0 saturated carbocycles. The highest BCUT2D eigenvalue weighted by atomic mass is 127. The van der Waals surface area contributed by atoms with Crippen molar-refractivity contribution in [2.45, 2.75) is 45.5 Å². The first-order chi connectivity index (χ1) is 13.3. The predicted octanol–water partition coefficient (Wildman–Crippen LogP) is 3.31. The first-order valence-electron chi connectivity index (χ1n) is 9.42. The molecule has 1 aromatic carbocycles. The third kappa shape index (κ3) is 8.67. The van der Waals surface area contributed by atoms with E-state index in [2.05, 4.69) is 15.6 Å². The Bertz CT molecular complexity index is 686. The van der Waals surface area contributed by atoms with Crippen molar-refractivity contribution >= 4 is 35.8 Å². The van der Waals surface area contributed by atoms with Gasteiger partial charge >= 0.3 is 6.18 Å². The Hall–Kier alpha value is -1.72. The van der Waals surface area contributed by atoms with Crippen molar-refractivity contribution in [2.75, 3.05) is 26.2 Å². The van der Waals surface area contributed by atoms with Gasteiger partial charge in [-0.05, 0) is 19.4 Å². The van der Waals surface area contributed by atoms with Crippen LogP contribution in [-0.2, 0) is 11.3 Å². The number of alkyl halides is 3. The lowest BCUT2D eigenvalue weighted by Gasteiger charge is -2.19. The fourth-order valence-corrected chi connectivity index (χ4v) is 2.94. The van der Waals surface area contributed by atoms with E-state index in [0.29, 0.717) is 37.6 Å². The van der Waals surface area contributed by atoms with Gasteiger partial charge in [0.15, 0.2) is 12.6 Å². The molecule has 29 heavy (non-hydrogen) atoms. The van der Waals surface area contributed by atoms with Gasteiger partial charge in [-0.25, -0.2) is 4.99 Å². The lowest BCUT2D eigenvalue weighted by atomic mass is 10.2. The smallest absolute Gasteiger partial charge is 0.422 e. The molecule has 1 aliphatic rings. The number of carbonyl (C=O) groups excluding carboxylic acids is 1. The van der Waals surface area contributed by atoms with Crippen LogP contribution < -0.4 is 15.4 Å². The molecule has 0 aliphatic carbocycles. The third-order valence-electron chi connectivity index (χ3n) is 4.30. The molecular formula is C19H28F3IN4O2. The summed E-state index contributed by atoms with van der Waals surface area (Å²) in [6.07, 6.45) is -3.09. The first kappa shape index (κ1) is 25.3. The molecule has 1 atom stereocenters. The summed E-state index contributed by atoms with van der Waals surface area (Å²) in [5.41, 5.74) is 0.568. The van der Waals surface area contributed by atoms with Gasteiger partial charge in [-0.3, -0.25) is 4.79 Å². The number of nitrogens with zero attached hydrogens (tertiary/aromatic N) is 2. The maximum atomic E-state index is 12.4. The summed E-state index contributed by atoms with van der Waals surface area (Å²) >= 11 is 0. The van der Waals surface area contributed by atoms with Crippen molar-refractivity contribution in [3.63, 3.8) is 0 Å². The van der Waals surface area contributed by atoms with Gasteiger partial charge in [-0.2, -0.15) is 13.2 Å². The van der Waals surface area contributed by atoms with Gasteiger partial charge in [-0.1, -0.05) is 25.1 Å². The van der Waals surface area contributed by atoms with Crippen LogP contribution in [0.5, 0.6) is 5.75 Å². The van der Waals surface area contributed by atoms with Crippen LogP contribution in [0.3, 0.4) is 0 Å². The van der Waals surface area contributed by atoms with E-state index in [-0.39, 0.29) is 48.2 Å². The van der Waals surface area contributed by atoms with Crippen molar-refractivity contribution in [1.82, 2.24) is 15.5 Å². The van der Waals surface area contributed by atoms with E-state index in [9.17, 15) is 18.0 Å². The van der Waals surface area contributed by atoms with Crippen LogP contribution in [0.15, 0.2) is 29.3 Å². The summed E-state index contributed by atoms with van der Waals surface area (Å²) in [4.78, 5) is 18.1. The average molecular weight is 528 g/mol. The summed E-state index contributed by atoms with van der Waals surface area (Å²) in [6, 6.07) is 6.64. The van der Waals surface area contributed by atoms with Gasteiger partial charge in [0.25, 0.3) is 0 Å². The van der Waals surface area contributed by atoms with E-state index >= 15 is 0 Å². The number of para-hydroxylation sites is 1. The molecule has 1 amide bonds. The molecule has 1 aliphatic heterocycles. The second-order valence-electron chi connectivity index (χ2n) is 6.53. The van der Waals surface area contributed by atoms with Gasteiger partial charge in [-0.15, -0.1) is 24.0 Å². The normalized spacial score (nSPS) is 16.9. The summed E-state index contributed by atoms with van der Waals surface area (Å²) < 4.78 is 42.2. The number of ether oxygens (including phenoxy) is 1. The number of carbonyl (C=O) groups is 1. The fourth-order valence-electron chi connectivity index (χ4n) is 2.94. The lowest BCUT2D eigenvalue weighted by Crippen LogP contribution is -2.45. The molecule has 1 unspecified atom stereocenters. The van der Waals surface area contributed by atoms with Crippen LogP contribution in [0.4, 0.5) is 13.2 Å². The van der Waals surface area contributed by atoms with Crippen LogP contribution in [0, 0.1) is 0 Å². The van der Waals surface area contributed by atoms with Gasteiger partial charge < -0.3 is 20.3 Å². The minimum Gasteiger partial charge on any atom is -0.484 e. The molecule has 164 valence electrons. The number of likely N-dealkylation sites (tertiary alicyclic amines) is 1. The minimum absolute atomic E-state index is 0. The zero-order chi connectivity index (χ0) is 20.6. The molecular weight excluding hydrogens is 500 g/mol. The first-order valence-corrected chi connectivity index (χ1v) is 9.42. The largest absolute Gasteiger partial charge is 0.484 e. The Labute approximate surface area is 186 Å². The Morgan fingerprint density at radius 3 is 2.69 bits per heavy atom.